The number of esters is 2. The lowest BCUT2D eigenvalue weighted by atomic mass is 10.1. The van der Waals surface area contributed by atoms with Crippen molar-refractivity contribution >= 4 is 17.6 Å². The Morgan fingerprint density at radius 1 is 1.00 bits per heavy atom. The van der Waals surface area contributed by atoms with E-state index in [1.54, 1.807) is 19.1 Å². The summed E-state index contributed by atoms with van der Waals surface area (Å²) in [4.78, 5) is 34.0. The van der Waals surface area contributed by atoms with Crippen molar-refractivity contribution in [3.63, 3.8) is 0 Å². The van der Waals surface area contributed by atoms with Crippen LogP contribution in [0.25, 0.3) is 0 Å². The van der Waals surface area contributed by atoms with Crippen molar-refractivity contribution in [3.8, 4) is 5.75 Å². The number of ether oxygens (including phenoxy) is 3. The van der Waals surface area contributed by atoms with Gasteiger partial charge < -0.3 is 14.2 Å². The van der Waals surface area contributed by atoms with Gasteiger partial charge in [0.15, 0.2) is 0 Å². The molecule has 0 N–H and O–H groups in total. The normalized spacial score (nSPS) is 11.3. The predicted molar refractivity (Wildman–Crippen MR) is 91.3 cm³/mol. The smallest absolute Gasteiger partial charge is 0.338 e. The highest BCUT2D eigenvalue weighted by molar-refractivity contribution is 5.96. The van der Waals surface area contributed by atoms with Gasteiger partial charge in [-0.05, 0) is 30.7 Å². The van der Waals surface area contributed by atoms with Crippen LogP contribution in [0.2, 0.25) is 0 Å². The van der Waals surface area contributed by atoms with Crippen LogP contribution in [0.5, 0.6) is 5.75 Å². The van der Waals surface area contributed by atoms with Crippen LogP contribution in [0.1, 0.15) is 39.3 Å². The molecule has 0 bridgehead atoms. The summed E-state index contributed by atoms with van der Waals surface area (Å²) in [5.41, 5.74) is 0.757. The first-order valence-corrected chi connectivity index (χ1v) is 7.58. The zero-order chi connectivity index (χ0) is 19.3. The molecule has 1 atom stereocenters. The van der Waals surface area contributed by atoms with Crippen LogP contribution >= 0.6 is 0 Å². The average molecular weight is 359 g/mol. The molecule has 0 spiro atoms. The van der Waals surface area contributed by atoms with Crippen molar-refractivity contribution in [2.75, 3.05) is 14.2 Å². The first-order chi connectivity index (χ1) is 12.3. The highest BCUT2D eigenvalue weighted by Gasteiger charge is 2.17. The van der Waals surface area contributed by atoms with Crippen LogP contribution in [0.3, 0.4) is 0 Å². The highest BCUT2D eigenvalue weighted by Crippen LogP contribution is 2.26. The van der Waals surface area contributed by atoms with Gasteiger partial charge in [-0.25, -0.2) is 9.59 Å². The van der Waals surface area contributed by atoms with Crippen LogP contribution in [-0.4, -0.2) is 31.1 Å². The van der Waals surface area contributed by atoms with E-state index in [1.807, 2.05) is 0 Å². The highest BCUT2D eigenvalue weighted by atomic mass is 16.6. The molecule has 0 aliphatic carbocycles. The molecule has 0 fully saturated rings. The Labute approximate surface area is 149 Å². The maximum Gasteiger partial charge on any atom is 0.338 e. The van der Waals surface area contributed by atoms with E-state index in [1.165, 1.54) is 44.6 Å². The lowest BCUT2D eigenvalue weighted by Crippen LogP contribution is -2.09. The van der Waals surface area contributed by atoms with Gasteiger partial charge >= 0.3 is 11.9 Å². The number of hydrogen-bond acceptors (Lipinski definition) is 7. The first kappa shape index (κ1) is 18.9. The van der Waals surface area contributed by atoms with Gasteiger partial charge in [-0.3, -0.25) is 10.1 Å². The number of nitrogens with zero attached hydrogens (tertiary/aromatic N) is 1. The van der Waals surface area contributed by atoms with Crippen LogP contribution in [0.15, 0.2) is 42.5 Å². The second-order valence-electron chi connectivity index (χ2n) is 5.34. The summed E-state index contributed by atoms with van der Waals surface area (Å²) >= 11 is 0. The van der Waals surface area contributed by atoms with Gasteiger partial charge in [-0.1, -0.05) is 12.1 Å². The average Bonchev–Trinajstić information content (AvgIpc) is 2.66. The van der Waals surface area contributed by atoms with E-state index in [9.17, 15) is 19.7 Å². The molecule has 8 heteroatoms. The molecule has 8 nitrogen and oxygen atoms in total. The molecule has 0 saturated heterocycles. The number of methoxy groups -OCH3 is 2. The largest absolute Gasteiger partial charge is 0.486 e. The van der Waals surface area contributed by atoms with Crippen LogP contribution in [0.4, 0.5) is 5.69 Å². The fourth-order valence-electron chi connectivity index (χ4n) is 2.30. The zero-order valence-electron chi connectivity index (χ0n) is 14.4. The maximum absolute atomic E-state index is 11.8. The molecule has 2 aromatic rings. The third-order valence-electron chi connectivity index (χ3n) is 3.61. The monoisotopic (exact) mass is 359 g/mol. The van der Waals surface area contributed by atoms with Gasteiger partial charge in [-0.2, -0.15) is 0 Å². The summed E-state index contributed by atoms with van der Waals surface area (Å²) in [6.45, 7) is 1.70. The number of hydrogen-bond donors (Lipinski definition) is 0. The molecule has 2 aromatic carbocycles. The van der Waals surface area contributed by atoms with Gasteiger partial charge in [0, 0.05) is 12.1 Å². The van der Waals surface area contributed by atoms with Gasteiger partial charge in [0.2, 0.25) is 0 Å². The zero-order valence-corrected chi connectivity index (χ0v) is 14.4. The molecule has 136 valence electrons. The standard InChI is InChI=1S/C18H17NO7/c1-11(12-5-4-6-15(8-12)19(22)23)26-16-9-13(17(20)24-2)7-14(10-16)18(21)25-3/h4-11H,1-3H3/t11-/m1/s1. The van der Waals surface area contributed by atoms with Gasteiger partial charge in [0.05, 0.1) is 30.3 Å². The van der Waals surface area contributed by atoms with Crippen molar-refractivity contribution in [3.05, 3.63) is 69.3 Å². The summed E-state index contributed by atoms with van der Waals surface area (Å²) < 4.78 is 15.1. The molecule has 0 radical (unpaired) electrons. The van der Waals surface area contributed by atoms with Gasteiger partial charge in [0.25, 0.3) is 5.69 Å². The van der Waals surface area contributed by atoms with Crippen molar-refractivity contribution in [1.29, 1.82) is 0 Å². The summed E-state index contributed by atoms with van der Waals surface area (Å²) in [5, 5.41) is 10.9. The van der Waals surface area contributed by atoms with E-state index in [0.29, 0.717) is 5.56 Å². The molecule has 0 heterocycles. The Bertz CT molecular complexity index is 813. The Hall–Kier alpha value is -3.42. The molecular weight excluding hydrogens is 342 g/mol. The number of non-ortho nitro benzene ring substituents is 1. The van der Waals surface area contributed by atoms with Crippen molar-refractivity contribution in [2.45, 2.75) is 13.0 Å². The predicted octanol–water partition coefficient (Wildman–Crippen LogP) is 3.31. The molecule has 0 aliphatic rings. The maximum atomic E-state index is 11.8. The van der Waals surface area contributed by atoms with Gasteiger partial charge in [-0.15, -0.1) is 0 Å². The van der Waals surface area contributed by atoms with Crippen LogP contribution < -0.4 is 4.74 Å². The summed E-state index contributed by atoms with van der Waals surface area (Å²) in [6, 6.07) is 10.2. The minimum absolute atomic E-state index is 0.0588. The van der Waals surface area contributed by atoms with Crippen molar-refractivity contribution < 1.29 is 28.7 Å². The number of rotatable bonds is 6. The Morgan fingerprint density at radius 2 is 1.58 bits per heavy atom. The number of benzene rings is 2. The molecule has 0 saturated carbocycles. The Kier molecular flexibility index (Phi) is 5.90. The third kappa shape index (κ3) is 4.35. The van der Waals surface area contributed by atoms with Gasteiger partial charge in [0.1, 0.15) is 11.9 Å². The van der Waals surface area contributed by atoms with Crippen molar-refractivity contribution in [2.24, 2.45) is 0 Å². The minimum Gasteiger partial charge on any atom is -0.486 e. The number of nitro benzene ring substituents is 1. The molecule has 0 aliphatic heterocycles. The number of carbonyl (C=O) groups excluding carboxylic acids is 2. The lowest BCUT2D eigenvalue weighted by molar-refractivity contribution is -0.385. The summed E-state index contributed by atoms with van der Waals surface area (Å²) in [7, 11) is 2.44. The third-order valence-corrected chi connectivity index (χ3v) is 3.61. The quantitative estimate of drug-likeness (QED) is 0.442. The summed E-state index contributed by atoms with van der Waals surface area (Å²) in [6.07, 6.45) is -0.562. The Balaban J connectivity index is 2.35. The fraction of sp³-hybridized carbons (Fsp3) is 0.222. The fourth-order valence-corrected chi connectivity index (χ4v) is 2.30. The molecule has 0 amide bonds. The van der Waals surface area contributed by atoms with Crippen LogP contribution in [0, 0.1) is 10.1 Å². The molecule has 0 unspecified atom stereocenters. The summed E-state index contributed by atoms with van der Waals surface area (Å²) in [5.74, 6) is -1.04. The van der Waals surface area contributed by atoms with E-state index >= 15 is 0 Å². The molecular formula is C18H17NO7. The molecule has 0 aromatic heterocycles. The minimum atomic E-state index is -0.636. The Morgan fingerprint density at radius 3 is 2.08 bits per heavy atom. The van der Waals surface area contributed by atoms with E-state index in [-0.39, 0.29) is 22.6 Å². The second kappa shape index (κ2) is 8.11. The first-order valence-electron chi connectivity index (χ1n) is 7.58. The molecule has 26 heavy (non-hydrogen) atoms. The van der Waals surface area contributed by atoms with Crippen molar-refractivity contribution in [1.82, 2.24) is 0 Å². The second-order valence-corrected chi connectivity index (χ2v) is 5.34. The van der Waals surface area contributed by atoms with E-state index < -0.39 is 23.0 Å². The van der Waals surface area contributed by atoms with E-state index in [0.717, 1.165) is 0 Å². The molecule has 2 rings (SSSR count). The van der Waals surface area contributed by atoms with E-state index in [4.69, 9.17) is 4.74 Å². The topological polar surface area (TPSA) is 105 Å². The number of nitro groups is 1. The number of carbonyl (C=O) groups is 2. The van der Waals surface area contributed by atoms with E-state index in [2.05, 4.69) is 9.47 Å². The SMILES string of the molecule is COC(=O)c1cc(O[C@H](C)c2cccc([N+](=O)[O-])c2)cc(C(=O)OC)c1. The van der Waals surface area contributed by atoms with Crippen LogP contribution in [-0.2, 0) is 9.47 Å². The lowest BCUT2D eigenvalue weighted by Gasteiger charge is -2.16.